The van der Waals surface area contributed by atoms with Crippen molar-refractivity contribution in [3.05, 3.63) is 40.0 Å². The average Bonchev–Trinajstić information content (AvgIpc) is 2.89. The van der Waals surface area contributed by atoms with E-state index in [0.29, 0.717) is 36.0 Å². The first-order valence-corrected chi connectivity index (χ1v) is 7.19. The van der Waals surface area contributed by atoms with Gasteiger partial charge < -0.3 is 10.1 Å². The molecule has 20 heavy (non-hydrogen) atoms. The molecule has 7 heteroatoms. The van der Waals surface area contributed by atoms with Crippen LogP contribution in [0.1, 0.15) is 12.8 Å². The summed E-state index contributed by atoms with van der Waals surface area (Å²) >= 11 is 9.34. The van der Waals surface area contributed by atoms with Crippen molar-refractivity contribution in [1.29, 1.82) is 0 Å². The third-order valence-electron chi connectivity index (χ3n) is 2.47. The molecule has 1 heterocycles. The highest BCUT2D eigenvalue weighted by Crippen LogP contribution is 2.27. The minimum Gasteiger partial charge on any atom is -0.492 e. The molecule has 0 bridgehead atoms. The Labute approximate surface area is 129 Å². The molecule has 0 radical (unpaired) electrons. The third-order valence-corrected chi connectivity index (χ3v) is 3.26. The van der Waals surface area contributed by atoms with Gasteiger partial charge in [-0.15, -0.1) is 0 Å². The topological polar surface area (TPSA) is 67.0 Å². The molecule has 2 aromatic rings. The number of H-pyrrole nitrogens is 1. The first kappa shape index (κ1) is 14.9. The summed E-state index contributed by atoms with van der Waals surface area (Å²) in [5.74, 6) is 1.12. The Morgan fingerprint density at radius 3 is 3.00 bits per heavy atom. The van der Waals surface area contributed by atoms with E-state index < -0.39 is 0 Å². The first-order chi connectivity index (χ1) is 9.65. The molecule has 0 saturated heterocycles. The summed E-state index contributed by atoms with van der Waals surface area (Å²) in [5, 5.41) is 9.64. The monoisotopic (exact) mass is 357 g/mol. The van der Waals surface area contributed by atoms with Crippen molar-refractivity contribution in [2.24, 2.45) is 0 Å². The number of carbonyl (C=O) groups excluding carboxylic acids is 1. The van der Waals surface area contributed by atoms with Crippen molar-refractivity contribution in [3.8, 4) is 5.75 Å². The van der Waals surface area contributed by atoms with Crippen molar-refractivity contribution in [1.82, 2.24) is 10.2 Å². The normalized spacial score (nSPS) is 10.3. The summed E-state index contributed by atoms with van der Waals surface area (Å²) in [6, 6.07) is 7.10. The number of rotatable bonds is 6. The van der Waals surface area contributed by atoms with Gasteiger partial charge in [0.2, 0.25) is 5.91 Å². The lowest BCUT2D eigenvalue weighted by molar-refractivity contribution is -0.116. The Bertz CT molecular complexity index is 575. The summed E-state index contributed by atoms with van der Waals surface area (Å²) in [6.45, 7) is 0.428. The molecule has 0 aliphatic carbocycles. The second-order valence-electron chi connectivity index (χ2n) is 4.05. The molecular weight excluding hydrogens is 346 g/mol. The van der Waals surface area contributed by atoms with Crippen molar-refractivity contribution in [2.45, 2.75) is 12.8 Å². The number of hydrogen-bond donors (Lipinski definition) is 2. The first-order valence-electron chi connectivity index (χ1n) is 6.02. The van der Waals surface area contributed by atoms with Crippen LogP contribution in [0.25, 0.3) is 0 Å². The summed E-state index contributed by atoms with van der Waals surface area (Å²) in [4.78, 5) is 11.6. The molecule has 1 amide bonds. The van der Waals surface area contributed by atoms with Gasteiger partial charge in [0.15, 0.2) is 0 Å². The van der Waals surface area contributed by atoms with Gasteiger partial charge >= 0.3 is 0 Å². The van der Waals surface area contributed by atoms with Crippen LogP contribution in [0.3, 0.4) is 0 Å². The van der Waals surface area contributed by atoms with Gasteiger partial charge in [-0.1, -0.05) is 27.5 Å². The molecule has 1 aromatic carbocycles. The maximum Gasteiger partial charge on any atom is 0.225 e. The summed E-state index contributed by atoms with van der Waals surface area (Å²) in [7, 11) is 0. The van der Waals surface area contributed by atoms with Gasteiger partial charge in [-0.05, 0) is 24.6 Å². The van der Waals surface area contributed by atoms with E-state index in [4.69, 9.17) is 16.3 Å². The molecule has 0 saturated carbocycles. The lowest BCUT2D eigenvalue weighted by Gasteiger charge is -2.08. The molecule has 5 nitrogen and oxygen atoms in total. The Morgan fingerprint density at radius 1 is 1.45 bits per heavy atom. The number of amides is 1. The van der Waals surface area contributed by atoms with Crippen molar-refractivity contribution >= 4 is 39.3 Å². The number of benzene rings is 1. The maximum atomic E-state index is 11.6. The summed E-state index contributed by atoms with van der Waals surface area (Å²) < 4.78 is 6.42. The standard InChI is InChI=1S/C13H13BrClN3O2/c14-9-3-4-11(10(15)8-9)20-7-1-2-13(19)17-12-5-6-16-18-12/h3-6,8H,1-2,7H2,(H2,16,17,18,19). The van der Waals surface area contributed by atoms with Crippen LogP contribution in [0.5, 0.6) is 5.75 Å². The van der Waals surface area contributed by atoms with E-state index in [1.165, 1.54) is 0 Å². The Morgan fingerprint density at radius 2 is 2.30 bits per heavy atom. The molecule has 0 spiro atoms. The molecular formula is C13H13BrClN3O2. The number of anilines is 1. The van der Waals surface area contributed by atoms with E-state index in [0.717, 1.165) is 4.47 Å². The molecule has 106 valence electrons. The number of hydrogen-bond acceptors (Lipinski definition) is 3. The highest BCUT2D eigenvalue weighted by Gasteiger charge is 2.05. The molecule has 1 aromatic heterocycles. The lowest BCUT2D eigenvalue weighted by atomic mass is 10.3. The van der Waals surface area contributed by atoms with Gasteiger partial charge in [-0.3, -0.25) is 9.89 Å². The fraction of sp³-hybridized carbons (Fsp3) is 0.231. The predicted molar refractivity (Wildman–Crippen MR) is 81.1 cm³/mol. The molecule has 0 atom stereocenters. The van der Waals surface area contributed by atoms with Crippen LogP contribution in [0.2, 0.25) is 5.02 Å². The van der Waals surface area contributed by atoms with Gasteiger partial charge in [0.25, 0.3) is 0 Å². The van der Waals surface area contributed by atoms with Crippen molar-refractivity contribution < 1.29 is 9.53 Å². The van der Waals surface area contributed by atoms with E-state index in [1.807, 2.05) is 6.07 Å². The van der Waals surface area contributed by atoms with Gasteiger partial charge in [0.1, 0.15) is 11.6 Å². The molecule has 2 rings (SSSR count). The molecule has 0 fully saturated rings. The zero-order valence-electron chi connectivity index (χ0n) is 10.5. The predicted octanol–water partition coefficient (Wildman–Crippen LogP) is 3.62. The number of halogens is 2. The second-order valence-corrected chi connectivity index (χ2v) is 5.37. The van der Waals surface area contributed by atoms with E-state index in [-0.39, 0.29) is 5.91 Å². The highest BCUT2D eigenvalue weighted by molar-refractivity contribution is 9.10. The lowest BCUT2D eigenvalue weighted by Crippen LogP contribution is -2.13. The Balaban J connectivity index is 1.69. The van der Waals surface area contributed by atoms with E-state index in [1.54, 1.807) is 24.4 Å². The fourth-order valence-electron chi connectivity index (χ4n) is 1.55. The van der Waals surface area contributed by atoms with E-state index >= 15 is 0 Å². The number of nitrogens with one attached hydrogen (secondary N) is 2. The summed E-state index contributed by atoms with van der Waals surface area (Å²) in [5.41, 5.74) is 0. The molecule has 0 unspecified atom stereocenters. The largest absolute Gasteiger partial charge is 0.492 e. The summed E-state index contributed by atoms with van der Waals surface area (Å²) in [6.07, 6.45) is 2.55. The van der Waals surface area contributed by atoms with Gasteiger partial charge in [0.05, 0.1) is 17.8 Å². The van der Waals surface area contributed by atoms with Crippen LogP contribution in [-0.2, 0) is 4.79 Å². The van der Waals surface area contributed by atoms with Crippen molar-refractivity contribution in [3.63, 3.8) is 0 Å². The Hall–Kier alpha value is -1.53. The Kier molecular flexibility index (Phi) is 5.43. The smallest absolute Gasteiger partial charge is 0.225 e. The zero-order valence-corrected chi connectivity index (χ0v) is 12.9. The number of nitrogens with zero attached hydrogens (tertiary/aromatic N) is 1. The van der Waals surface area contributed by atoms with Crippen LogP contribution in [-0.4, -0.2) is 22.7 Å². The van der Waals surface area contributed by atoms with Crippen LogP contribution in [0.15, 0.2) is 34.9 Å². The number of aromatic nitrogens is 2. The minimum absolute atomic E-state index is 0.0836. The van der Waals surface area contributed by atoms with Crippen LogP contribution in [0, 0.1) is 0 Å². The number of ether oxygens (including phenoxy) is 1. The van der Waals surface area contributed by atoms with E-state index in [2.05, 4.69) is 31.4 Å². The fourth-order valence-corrected chi connectivity index (χ4v) is 2.27. The number of aromatic amines is 1. The van der Waals surface area contributed by atoms with Crippen LogP contribution >= 0.6 is 27.5 Å². The van der Waals surface area contributed by atoms with Gasteiger partial charge in [0, 0.05) is 17.0 Å². The quantitative estimate of drug-likeness (QED) is 0.775. The zero-order chi connectivity index (χ0) is 14.4. The maximum absolute atomic E-state index is 11.6. The van der Waals surface area contributed by atoms with Crippen molar-refractivity contribution in [2.75, 3.05) is 11.9 Å². The third kappa shape index (κ3) is 4.54. The van der Waals surface area contributed by atoms with Gasteiger partial charge in [-0.25, -0.2) is 0 Å². The van der Waals surface area contributed by atoms with Crippen LogP contribution in [0.4, 0.5) is 5.82 Å². The highest BCUT2D eigenvalue weighted by atomic mass is 79.9. The SMILES string of the molecule is O=C(CCCOc1ccc(Br)cc1Cl)Nc1ccn[nH]1. The minimum atomic E-state index is -0.0836. The van der Waals surface area contributed by atoms with E-state index in [9.17, 15) is 4.79 Å². The average molecular weight is 359 g/mol. The second kappa shape index (κ2) is 7.31. The number of carbonyl (C=O) groups is 1. The molecule has 0 aliphatic rings. The van der Waals surface area contributed by atoms with Crippen LogP contribution < -0.4 is 10.1 Å². The molecule has 0 aliphatic heterocycles. The van der Waals surface area contributed by atoms with Gasteiger partial charge in [-0.2, -0.15) is 5.10 Å². The molecule has 2 N–H and O–H groups in total.